The number of aryl methyl sites for hydroxylation is 1. The van der Waals surface area contributed by atoms with Crippen molar-refractivity contribution < 1.29 is 4.74 Å². The molecule has 0 fully saturated rings. The van der Waals surface area contributed by atoms with Gasteiger partial charge in [0.25, 0.3) is 0 Å². The summed E-state index contributed by atoms with van der Waals surface area (Å²) < 4.78 is 5.97. The second kappa shape index (κ2) is 14.2. The first-order chi connectivity index (χ1) is 17.3. The van der Waals surface area contributed by atoms with Crippen molar-refractivity contribution in [2.75, 3.05) is 37.2 Å². The predicted molar refractivity (Wildman–Crippen MR) is 155 cm³/mol. The fraction of sp³-hybridized carbons (Fsp3) is 0.370. The molecule has 1 heterocycles. The van der Waals surface area contributed by atoms with Crippen LogP contribution in [0.15, 0.2) is 79.7 Å². The average molecular weight is 510 g/mol. The zero-order valence-electron chi connectivity index (χ0n) is 22.6. The highest BCUT2D eigenvalue weighted by Crippen LogP contribution is 2.29. The second-order valence-corrected chi connectivity index (χ2v) is 9.44. The zero-order chi connectivity index (χ0) is 26.7. The fourth-order valence-corrected chi connectivity index (χ4v) is 4.15. The summed E-state index contributed by atoms with van der Waals surface area (Å²) in [5.41, 5.74) is 10.6. The summed E-state index contributed by atoms with van der Waals surface area (Å²) in [6.45, 7) is 10.2. The molecule has 0 aliphatic carbocycles. The molecule has 194 valence electrons. The number of hydrogen-bond acceptors (Lipinski definition) is 7. The molecule has 0 atom stereocenters. The summed E-state index contributed by atoms with van der Waals surface area (Å²) >= 11 is 1.82. The molecule has 0 unspecified atom stereocenters. The minimum absolute atomic E-state index is 0.512. The number of benzene rings is 1. The van der Waals surface area contributed by atoms with Gasteiger partial charge in [-0.25, -0.2) is 4.99 Å². The number of nitrogens with zero attached hydrogens (tertiary/aromatic N) is 4. The minimum Gasteiger partial charge on any atom is -0.492 e. The van der Waals surface area contributed by atoms with E-state index in [0.29, 0.717) is 17.4 Å². The number of hydrogen-bond donors (Lipinski definition) is 3. The van der Waals surface area contributed by atoms with Gasteiger partial charge in [-0.3, -0.25) is 10.1 Å². The first kappa shape index (κ1) is 28.8. The van der Waals surface area contributed by atoms with Gasteiger partial charge in [0, 0.05) is 60.0 Å². The molecule has 36 heavy (non-hydrogen) atoms. The molecule has 1 aromatic heterocycles. The van der Waals surface area contributed by atoms with E-state index in [1.54, 1.807) is 20.4 Å². The number of ether oxygens (including phenoxy) is 1. The number of amidine groups is 1. The zero-order valence-corrected chi connectivity index (χ0v) is 23.5. The molecule has 0 amide bonds. The highest BCUT2D eigenvalue weighted by atomic mass is 32.2. The molecule has 2 rings (SSSR count). The van der Waals surface area contributed by atoms with Gasteiger partial charge in [0.2, 0.25) is 0 Å². The number of methoxy groups -OCH3 is 1. The van der Waals surface area contributed by atoms with Crippen molar-refractivity contribution in [1.29, 1.82) is 0 Å². The molecule has 4 N–H and O–H groups in total. The Morgan fingerprint density at radius 1 is 1.25 bits per heavy atom. The van der Waals surface area contributed by atoms with Crippen LogP contribution in [0, 0.1) is 6.92 Å². The summed E-state index contributed by atoms with van der Waals surface area (Å²) in [6.07, 6.45) is 4.06. The topological polar surface area (TPSA) is 104 Å². The maximum atomic E-state index is 6.01. The number of H-pyrrole nitrogens is 1. The van der Waals surface area contributed by atoms with Crippen LogP contribution in [0.2, 0.25) is 0 Å². The number of nitrogens with one attached hydrogen (secondary N) is 2. The number of allylic oxidation sites excluding steroid dienone is 2. The van der Waals surface area contributed by atoms with Crippen LogP contribution in [0.25, 0.3) is 0 Å². The molecular weight excluding hydrogens is 470 g/mol. The number of aromatic nitrogens is 2. The van der Waals surface area contributed by atoms with E-state index < -0.39 is 0 Å². The predicted octanol–water partition coefficient (Wildman–Crippen LogP) is 5.88. The van der Waals surface area contributed by atoms with Crippen LogP contribution in [0.4, 0.5) is 11.5 Å². The van der Waals surface area contributed by atoms with E-state index in [1.807, 2.05) is 43.6 Å². The average Bonchev–Trinajstić information content (AvgIpc) is 3.29. The Bertz CT molecular complexity index is 1160. The van der Waals surface area contributed by atoms with Gasteiger partial charge in [-0.2, -0.15) is 5.10 Å². The second-order valence-electron chi connectivity index (χ2n) is 8.11. The minimum atomic E-state index is 0.512. The molecule has 8 nitrogen and oxygen atoms in total. The van der Waals surface area contributed by atoms with E-state index in [9.17, 15) is 0 Å². The first-order valence-corrected chi connectivity index (χ1v) is 12.9. The van der Waals surface area contributed by atoms with Crippen molar-refractivity contribution in [3.8, 4) is 0 Å². The Kier molecular flexibility index (Phi) is 11.3. The van der Waals surface area contributed by atoms with Crippen LogP contribution < -0.4 is 16.0 Å². The number of aromatic amines is 1. The molecule has 0 aliphatic rings. The van der Waals surface area contributed by atoms with E-state index in [4.69, 9.17) is 15.5 Å². The first-order valence-electron chi connectivity index (χ1n) is 11.9. The smallest absolute Gasteiger partial charge is 0.176 e. The standard InChI is InChI=1S/C27H39N7OS/c1-9-18(3)25(21(16-28)17-29-6)26(35-8)27(31-24-15-19(4)32-33-24)30-20(5)34(7)22-11-13-23(14-12-22)36-10-2/h11-17H,9-10,28H2,1-8H3,(H2,31,32,33)/b21-16+,25-18+,27-26-,29-17?,30-20+. The maximum absolute atomic E-state index is 6.01. The van der Waals surface area contributed by atoms with Gasteiger partial charge in [-0.1, -0.05) is 19.4 Å². The summed E-state index contributed by atoms with van der Waals surface area (Å²) in [7, 11) is 5.34. The number of thioether (sulfide) groups is 1. The third-order valence-corrected chi connectivity index (χ3v) is 6.48. The van der Waals surface area contributed by atoms with Crippen molar-refractivity contribution in [1.82, 2.24) is 10.2 Å². The normalized spacial score (nSPS) is 14.0. The lowest BCUT2D eigenvalue weighted by atomic mass is 9.98. The van der Waals surface area contributed by atoms with Gasteiger partial charge in [-0.15, -0.1) is 11.8 Å². The molecule has 0 aliphatic heterocycles. The van der Waals surface area contributed by atoms with E-state index >= 15 is 0 Å². The molecular formula is C27H39N7OS. The molecule has 0 spiro atoms. The summed E-state index contributed by atoms with van der Waals surface area (Å²) in [6, 6.07) is 10.4. The van der Waals surface area contributed by atoms with Gasteiger partial charge in [-0.05, 0) is 57.2 Å². The molecule has 2 aromatic rings. The van der Waals surface area contributed by atoms with E-state index in [1.165, 1.54) is 11.1 Å². The Morgan fingerprint density at radius 3 is 2.44 bits per heavy atom. The quantitative estimate of drug-likeness (QED) is 0.115. The van der Waals surface area contributed by atoms with Crippen LogP contribution >= 0.6 is 11.8 Å². The summed E-state index contributed by atoms with van der Waals surface area (Å²) in [5, 5.41) is 10.6. The summed E-state index contributed by atoms with van der Waals surface area (Å²) in [5.74, 6) is 3.50. The molecule has 0 saturated carbocycles. The van der Waals surface area contributed by atoms with Crippen LogP contribution in [0.5, 0.6) is 0 Å². The molecule has 1 aromatic carbocycles. The van der Waals surface area contributed by atoms with Gasteiger partial charge in [0.1, 0.15) is 5.84 Å². The number of anilines is 2. The van der Waals surface area contributed by atoms with Crippen LogP contribution in [-0.2, 0) is 4.74 Å². The lowest BCUT2D eigenvalue weighted by Gasteiger charge is -2.22. The Morgan fingerprint density at radius 2 is 1.94 bits per heavy atom. The van der Waals surface area contributed by atoms with Crippen molar-refractivity contribution in [2.24, 2.45) is 15.7 Å². The maximum Gasteiger partial charge on any atom is 0.176 e. The van der Waals surface area contributed by atoms with Crippen molar-refractivity contribution in [2.45, 2.75) is 45.9 Å². The van der Waals surface area contributed by atoms with Crippen molar-refractivity contribution in [3.63, 3.8) is 0 Å². The van der Waals surface area contributed by atoms with Gasteiger partial charge in [0.05, 0.1) is 7.11 Å². The van der Waals surface area contributed by atoms with Crippen molar-refractivity contribution >= 4 is 35.3 Å². The fourth-order valence-electron chi connectivity index (χ4n) is 3.49. The van der Waals surface area contributed by atoms with Gasteiger partial charge < -0.3 is 20.7 Å². The van der Waals surface area contributed by atoms with E-state index in [2.05, 4.69) is 65.5 Å². The highest BCUT2D eigenvalue weighted by Gasteiger charge is 2.20. The lowest BCUT2D eigenvalue weighted by molar-refractivity contribution is 0.297. The number of nitrogens with two attached hydrogens (primary N) is 1. The van der Waals surface area contributed by atoms with Gasteiger partial charge >= 0.3 is 0 Å². The lowest BCUT2D eigenvalue weighted by Crippen LogP contribution is -2.24. The molecule has 9 heteroatoms. The Balaban J connectivity index is 2.67. The third kappa shape index (κ3) is 7.52. The molecule has 0 radical (unpaired) electrons. The van der Waals surface area contributed by atoms with Gasteiger partial charge in [0.15, 0.2) is 17.4 Å². The number of rotatable bonds is 11. The molecule has 0 saturated heterocycles. The van der Waals surface area contributed by atoms with E-state index in [0.717, 1.165) is 46.1 Å². The SMILES string of the molecule is CCSc1ccc(N(C)/C(C)=N/C(Nc2cc(C)[nH]n2)=C(OC)\C(C(\C=NC)=C\N)=C(/C)CC)cc1. The largest absolute Gasteiger partial charge is 0.492 e. The van der Waals surface area contributed by atoms with Crippen LogP contribution in [-0.4, -0.2) is 49.2 Å². The van der Waals surface area contributed by atoms with Crippen LogP contribution in [0.1, 0.15) is 39.8 Å². The molecule has 0 bridgehead atoms. The summed E-state index contributed by atoms with van der Waals surface area (Å²) in [4.78, 5) is 12.4. The monoisotopic (exact) mass is 509 g/mol. The Hall–Kier alpha value is -3.46. The van der Waals surface area contributed by atoms with E-state index in [-0.39, 0.29) is 0 Å². The highest BCUT2D eigenvalue weighted by molar-refractivity contribution is 7.99. The van der Waals surface area contributed by atoms with Crippen LogP contribution in [0.3, 0.4) is 0 Å². The number of aliphatic imine (C=N–C) groups is 2. The van der Waals surface area contributed by atoms with Crippen molar-refractivity contribution in [3.05, 3.63) is 70.5 Å². The third-order valence-electron chi connectivity index (χ3n) is 5.59. The Labute approximate surface area is 219 Å².